The van der Waals surface area contributed by atoms with E-state index in [0.29, 0.717) is 11.4 Å². The van der Waals surface area contributed by atoms with Crippen LogP contribution in [0.4, 0.5) is 0 Å². The predicted molar refractivity (Wildman–Crippen MR) is 93.9 cm³/mol. The summed E-state index contributed by atoms with van der Waals surface area (Å²) in [7, 11) is 1.63. The van der Waals surface area contributed by atoms with Crippen molar-refractivity contribution in [2.75, 3.05) is 13.7 Å². The van der Waals surface area contributed by atoms with E-state index in [2.05, 4.69) is 10.3 Å². The molecule has 0 radical (unpaired) electrons. The molecule has 2 rings (SSSR count). The number of nitrogens with two attached hydrogens (primary N) is 1. The Morgan fingerprint density at radius 1 is 1.30 bits per heavy atom. The van der Waals surface area contributed by atoms with Crippen LogP contribution in [0.15, 0.2) is 30.5 Å². The number of benzene rings is 1. The molecule has 0 spiro atoms. The van der Waals surface area contributed by atoms with Gasteiger partial charge < -0.3 is 15.8 Å². The fourth-order valence-corrected chi connectivity index (χ4v) is 3.13. The molecule has 0 saturated heterocycles. The molecule has 0 unspecified atom stereocenters. The number of ether oxygens (including phenoxy) is 1. The minimum atomic E-state index is -0.346. The molecule has 1 aromatic carbocycles. The van der Waals surface area contributed by atoms with Crippen LogP contribution in [0.3, 0.4) is 0 Å². The van der Waals surface area contributed by atoms with Crippen LogP contribution in [0.1, 0.15) is 36.4 Å². The molecule has 0 aliphatic heterocycles. The Kier molecular flexibility index (Phi) is 5.74. The molecule has 0 fully saturated rings. The molecule has 2 aromatic rings. The minimum absolute atomic E-state index is 0.114. The number of methoxy groups -OCH3 is 1. The maximum absolute atomic E-state index is 12.5. The fourth-order valence-electron chi connectivity index (χ4n) is 2.32. The number of carbonyl (C=O) groups excluding carboxylic acids is 1. The smallest absolute Gasteiger partial charge is 0.263 e. The molecule has 6 heteroatoms. The van der Waals surface area contributed by atoms with Crippen molar-refractivity contribution in [2.45, 2.75) is 32.2 Å². The van der Waals surface area contributed by atoms with Gasteiger partial charge in [0.25, 0.3) is 5.91 Å². The summed E-state index contributed by atoms with van der Waals surface area (Å²) in [6, 6.07) is 7.62. The maximum Gasteiger partial charge on any atom is 0.263 e. The minimum Gasteiger partial charge on any atom is -0.497 e. The zero-order valence-corrected chi connectivity index (χ0v) is 14.6. The topological polar surface area (TPSA) is 77.2 Å². The molecule has 0 aliphatic carbocycles. The first kappa shape index (κ1) is 17.4. The van der Waals surface area contributed by atoms with Crippen molar-refractivity contribution < 1.29 is 9.53 Å². The van der Waals surface area contributed by atoms with E-state index >= 15 is 0 Å². The normalized spacial score (nSPS) is 11.3. The van der Waals surface area contributed by atoms with Gasteiger partial charge in [-0.2, -0.15) is 0 Å². The van der Waals surface area contributed by atoms with Crippen LogP contribution in [0.2, 0.25) is 0 Å². The molecule has 0 bridgehead atoms. The lowest BCUT2D eigenvalue weighted by Gasteiger charge is -2.31. The van der Waals surface area contributed by atoms with Crippen molar-refractivity contribution in [2.24, 2.45) is 5.73 Å². The molecule has 0 saturated carbocycles. The third-order valence-corrected chi connectivity index (χ3v) is 5.23. The van der Waals surface area contributed by atoms with Gasteiger partial charge in [-0.3, -0.25) is 4.79 Å². The van der Waals surface area contributed by atoms with Gasteiger partial charge in [-0.15, -0.1) is 11.3 Å². The van der Waals surface area contributed by atoms with Crippen molar-refractivity contribution >= 4 is 17.2 Å². The monoisotopic (exact) mass is 333 g/mol. The lowest BCUT2D eigenvalue weighted by atomic mass is 9.93. The Hall–Kier alpha value is -1.92. The molecule has 1 amide bonds. The van der Waals surface area contributed by atoms with E-state index in [1.54, 1.807) is 13.3 Å². The average molecular weight is 333 g/mol. The first-order valence-corrected chi connectivity index (χ1v) is 8.52. The summed E-state index contributed by atoms with van der Waals surface area (Å²) in [4.78, 5) is 17.4. The van der Waals surface area contributed by atoms with E-state index in [4.69, 9.17) is 10.5 Å². The van der Waals surface area contributed by atoms with Crippen LogP contribution in [-0.4, -0.2) is 30.1 Å². The number of thiazole rings is 1. The highest BCUT2D eigenvalue weighted by Crippen LogP contribution is 2.27. The van der Waals surface area contributed by atoms with Gasteiger partial charge in [-0.25, -0.2) is 4.98 Å². The molecule has 3 N–H and O–H groups in total. The second-order valence-electron chi connectivity index (χ2n) is 5.40. The number of nitrogens with zero attached hydrogens (tertiary/aromatic N) is 1. The average Bonchev–Trinajstić information content (AvgIpc) is 3.10. The van der Waals surface area contributed by atoms with Crippen molar-refractivity contribution in [3.05, 3.63) is 35.3 Å². The number of amides is 1. The molecular formula is C17H23N3O2S. The second-order valence-corrected chi connectivity index (χ2v) is 6.43. The van der Waals surface area contributed by atoms with Crippen molar-refractivity contribution in [1.82, 2.24) is 10.3 Å². The largest absolute Gasteiger partial charge is 0.497 e. The number of aromatic nitrogens is 1. The van der Waals surface area contributed by atoms with E-state index in [0.717, 1.165) is 29.2 Å². The van der Waals surface area contributed by atoms with Gasteiger partial charge in [0.05, 0.1) is 18.8 Å². The van der Waals surface area contributed by atoms with Crippen LogP contribution >= 0.6 is 11.3 Å². The molecule has 1 heterocycles. The van der Waals surface area contributed by atoms with E-state index in [9.17, 15) is 4.79 Å². The molecule has 0 atom stereocenters. The van der Waals surface area contributed by atoms with Gasteiger partial charge in [-0.1, -0.05) is 13.8 Å². The standard InChI is InChI=1S/C17H23N3O2S/c1-4-17(5-2,11-18)20-15(21)14-10-19-16(23-14)12-6-8-13(22-3)9-7-12/h6-10H,4-5,11,18H2,1-3H3,(H,20,21). The van der Waals surface area contributed by atoms with Crippen molar-refractivity contribution in [3.63, 3.8) is 0 Å². The Morgan fingerprint density at radius 2 is 1.96 bits per heavy atom. The Balaban J connectivity index is 2.16. The Bertz CT molecular complexity index is 640. The van der Waals surface area contributed by atoms with E-state index in [-0.39, 0.29) is 11.4 Å². The van der Waals surface area contributed by atoms with Crippen LogP contribution < -0.4 is 15.8 Å². The fraction of sp³-hybridized carbons (Fsp3) is 0.412. The highest BCUT2D eigenvalue weighted by Gasteiger charge is 2.27. The summed E-state index contributed by atoms with van der Waals surface area (Å²) < 4.78 is 5.15. The highest BCUT2D eigenvalue weighted by atomic mass is 32.1. The molecule has 0 aliphatic rings. The lowest BCUT2D eigenvalue weighted by molar-refractivity contribution is 0.0899. The number of hydrogen-bond acceptors (Lipinski definition) is 5. The third kappa shape index (κ3) is 3.89. The first-order valence-electron chi connectivity index (χ1n) is 7.70. The SMILES string of the molecule is CCC(CC)(CN)NC(=O)c1cnc(-c2ccc(OC)cc2)s1. The summed E-state index contributed by atoms with van der Waals surface area (Å²) in [6.45, 7) is 4.49. The number of hydrogen-bond donors (Lipinski definition) is 2. The van der Waals surface area contributed by atoms with Crippen LogP contribution in [0.25, 0.3) is 10.6 Å². The van der Waals surface area contributed by atoms with Gasteiger partial charge in [0.15, 0.2) is 0 Å². The quantitative estimate of drug-likeness (QED) is 0.816. The first-order chi connectivity index (χ1) is 11.1. The Morgan fingerprint density at radius 3 is 2.48 bits per heavy atom. The number of carbonyl (C=O) groups is 1. The summed E-state index contributed by atoms with van der Waals surface area (Å²) >= 11 is 1.37. The summed E-state index contributed by atoms with van der Waals surface area (Å²) in [5.41, 5.74) is 6.46. The molecule has 23 heavy (non-hydrogen) atoms. The highest BCUT2D eigenvalue weighted by molar-refractivity contribution is 7.16. The number of nitrogens with one attached hydrogen (secondary N) is 1. The van der Waals surface area contributed by atoms with Gasteiger partial charge in [0.2, 0.25) is 0 Å². The summed E-state index contributed by atoms with van der Waals surface area (Å²) in [5, 5.41) is 3.87. The molecule has 1 aromatic heterocycles. The van der Waals surface area contributed by atoms with Crippen LogP contribution in [-0.2, 0) is 0 Å². The predicted octanol–water partition coefficient (Wildman–Crippen LogP) is 3.07. The van der Waals surface area contributed by atoms with Crippen molar-refractivity contribution in [1.29, 1.82) is 0 Å². The van der Waals surface area contributed by atoms with Crippen LogP contribution in [0, 0.1) is 0 Å². The van der Waals surface area contributed by atoms with E-state index in [1.807, 2.05) is 38.1 Å². The van der Waals surface area contributed by atoms with E-state index < -0.39 is 0 Å². The molecule has 124 valence electrons. The zero-order chi connectivity index (χ0) is 16.9. The van der Waals surface area contributed by atoms with Gasteiger partial charge in [0, 0.05) is 12.1 Å². The van der Waals surface area contributed by atoms with Crippen molar-refractivity contribution in [3.8, 4) is 16.3 Å². The third-order valence-electron chi connectivity index (χ3n) is 4.19. The van der Waals surface area contributed by atoms with Gasteiger partial charge in [0.1, 0.15) is 15.6 Å². The van der Waals surface area contributed by atoms with Gasteiger partial charge in [-0.05, 0) is 37.1 Å². The summed E-state index contributed by atoms with van der Waals surface area (Å²) in [6.07, 6.45) is 3.22. The summed E-state index contributed by atoms with van der Waals surface area (Å²) in [5.74, 6) is 0.679. The second kappa shape index (κ2) is 7.57. The molecule has 5 nitrogen and oxygen atoms in total. The lowest BCUT2D eigenvalue weighted by Crippen LogP contribution is -2.52. The van der Waals surface area contributed by atoms with Crippen LogP contribution in [0.5, 0.6) is 5.75 Å². The maximum atomic E-state index is 12.5. The Labute approximate surface area is 140 Å². The zero-order valence-electron chi connectivity index (χ0n) is 13.8. The van der Waals surface area contributed by atoms with E-state index in [1.165, 1.54) is 11.3 Å². The number of rotatable bonds is 7. The van der Waals surface area contributed by atoms with Gasteiger partial charge >= 0.3 is 0 Å². The molecular weight excluding hydrogens is 310 g/mol.